The van der Waals surface area contributed by atoms with Gasteiger partial charge in [-0.3, -0.25) is 4.79 Å². The fourth-order valence-corrected chi connectivity index (χ4v) is 4.32. The number of rotatable bonds is 7. The number of nitrogens with one attached hydrogen (secondary N) is 1. The number of benzene rings is 2. The van der Waals surface area contributed by atoms with Crippen LogP contribution in [0, 0.1) is 13.8 Å². The maximum Gasteiger partial charge on any atom is 0.250 e. The minimum Gasteiger partial charge on any atom is -0.316 e. The Kier molecular flexibility index (Phi) is 7.42. The van der Waals surface area contributed by atoms with E-state index < -0.39 is 0 Å². The van der Waals surface area contributed by atoms with E-state index in [-0.39, 0.29) is 5.91 Å². The first-order chi connectivity index (χ1) is 14.0. The fourth-order valence-electron chi connectivity index (χ4n) is 3.00. The Hall–Kier alpha value is -2.21. The van der Waals surface area contributed by atoms with Crippen molar-refractivity contribution in [2.24, 2.45) is 5.10 Å². The van der Waals surface area contributed by atoms with Gasteiger partial charge >= 0.3 is 0 Å². The molecule has 7 heteroatoms. The molecule has 0 aliphatic heterocycles. The molecule has 1 aromatic heterocycles. The summed E-state index contributed by atoms with van der Waals surface area (Å²) in [7, 11) is 0. The van der Waals surface area contributed by atoms with Crippen LogP contribution < -0.4 is 5.43 Å². The summed E-state index contributed by atoms with van der Waals surface area (Å²) in [6, 6.07) is 17.3. The lowest BCUT2D eigenvalue weighted by Gasteiger charge is -2.11. The number of hydrogen-bond acceptors (Lipinski definition) is 3. The Balaban J connectivity index is 1.58. The molecule has 0 aliphatic rings. The van der Waals surface area contributed by atoms with Crippen LogP contribution >= 0.6 is 35.0 Å². The first kappa shape index (κ1) is 21.5. The van der Waals surface area contributed by atoms with E-state index in [1.54, 1.807) is 6.21 Å². The quantitative estimate of drug-likeness (QED) is 0.369. The molecule has 0 saturated heterocycles. The van der Waals surface area contributed by atoms with Gasteiger partial charge in [-0.2, -0.15) is 5.10 Å². The predicted octanol–water partition coefficient (Wildman–Crippen LogP) is 5.78. The van der Waals surface area contributed by atoms with Crippen molar-refractivity contribution < 1.29 is 4.79 Å². The van der Waals surface area contributed by atoms with Crippen molar-refractivity contribution in [2.75, 3.05) is 5.75 Å². The molecule has 0 saturated carbocycles. The maximum absolute atomic E-state index is 12.0. The molecule has 0 spiro atoms. The van der Waals surface area contributed by atoms with E-state index in [0.717, 1.165) is 28.2 Å². The second kappa shape index (κ2) is 10.0. The van der Waals surface area contributed by atoms with E-state index in [2.05, 4.69) is 15.1 Å². The van der Waals surface area contributed by atoms with Crippen molar-refractivity contribution in [3.05, 3.63) is 87.2 Å². The fraction of sp³-hybridized carbons (Fsp3) is 0.182. The largest absolute Gasteiger partial charge is 0.316 e. The molecule has 0 unspecified atom stereocenters. The minimum absolute atomic E-state index is 0.154. The van der Waals surface area contributed by atoms with E-state index in [4.69, 9.17) is 23.2 Å². The van der Waals surface area contributed by atoms with Crippen LogP contribution in [-0.4, -0.2) is 22.4 Å². The lowest BCUT2D eigenvalue weighted by atomic mass is 10.2. The molecule has 29 heavy (non-hydrogen) atoms. The third-order valence-electron chi connectivity index (χ3n) is 4.41. The van der Waals surface area contributed by atoms with E-state index >= 15 is 0 Å². The second-order valence-corrected chi connectivity index (χ2v) is 8.29. The van der Waals surface area contributed by atoms with Crippen LogP contribution in [0.1, 0.15) is 22.5 Å². The van der Waals surface area contributed by atoms with Crippen LogP contribution in [0.5, 0.6) is 0 Å². The summed E-state index contributed by atoms with van der Waals surface area (Å²) in [6.45, 7) is 4.01. The van der Waals surface area contributed by atoms with Gasteiger partial charge in [0.05, 0.1) is 22.7 Å². The zero-order valence-electron chi connectivity index (χ0n) is 16.2. The number of amides is 1. The molecule has 4 nitrogen and oxygen atoms in total. The summed E-state index contributed by atoms with van der Waals surface area (Å²) >= 11 is 14.0. The number of hydrogen-bond donors (Lipinski definition) is 1. The summed E-state index contributed by atoms with van der Waals surface area (Å²) in [5, 5.41) is 5.50. The van der Waals surface area contributed by atoms with Gasteiger partial charge in [-0.25, -0.2) is 5.43 Å². The standard InChI is InChI=1S/C22H21Cl2N3OS/c1-15-11-18(16(2)27(15)21-10-6-5-9-20(21)24)12-25-26-22(28)14-29-13-17-7-3-4-8-19(17)23/h3-12H,13-14H2,1-2H3,(H,26,28)/b25-12+. The van der Waals surface area contributed by atoms with Gasteiger partial charge in [-0.05, 0) is 43.7 Å². The number of hydrazone groups is 1. The Morgan fingerprint density at radius 2 is 1.79 bits per heavy atom. The molecule has 0 bridgehead atoms. The van der Waals surface area contributed by atoms with Gasteiger partial charge in [0.2, 0.25) is 5.91 Å². The average molecular weight is 446 g/mol. The van der Waals surface area contributed by atoms with Gasteiger partial charge in [0.1, 0.15) is 0 Å². The minimum atomic E-state index is -0.154. The highest BCUT2D eigenvalue weighted by Gasteiger charge is 2.11. The summed E-state index contributed by atoms with van der Waals surface area (Å²) in [4.78, 5) is 12.0. The molecule has 0 atom stereocenters. The van der Waals surface area contributed by atoms with Gasteiger partial charge < -0.3 is 4.57 Å². The highest BCUT2D eigenvalue weighted by Crippen LogP contribution is 2.25. The number of carbonyl (C=O) groups is 1. The third-order valence-corrected chi connectivity index (χ3v) is 6.07. The monoisotopic (exact) mass is 445 g/mol. The average Bonchev–Trinajstić information content (AvgIpc) is 2.97. The Morgan fingerprint density at radius 1 is 1.10 bits per heavy atom. The van der Waals surface area contributed by atoms with Crippen molar-refractivity contribution in [3.63, 3.8) is 0 Å². The number of carbonyl (C=O) groups excluding carboxylic acids is 1. The van der Waals surface area contributed by atoms with Crippen LogP contribution in [-0.2, 0) is 10.5 Å². The Morgan fingerprint density at radius 3 is 2.52 bits per heavy atom. The van der Waals surface area contributed by atoms with Gasteiger partial charge in [-0.15, -0.1) is 11.8 Å². The lowest BCUT2D eigenvalue weighted by Crippen LogP contribution is -2.19. The Bertz CT molecular complexity index is 1050. The molecule has 2 aromatic carbocycles. The van der Waals surface area contributed by atoms with Crippen LogP contribution in [0.15, 0.2) is 59.7 Å². The van der Waals surface area contributed by atoms with Crippen molar-refractivity contribution in [3.8, 4) is 5.69 Å². The summed E-state index contributed by atoms with van der Waals surface area (Å²) < 4.78 is 2.07. The van der Waals surface area contributed by atoms with E-state index in [9.17, 15) is 4.79 Å². The molecule has 1 heterocycles. The highest BCUT2D eigenvalue weighted by molar-refractivity contribution is 7.99. The van der Waals surface area contributed by atoms with Gasteiger partial charge in [-0.1, -0.05) is 53.5 Å². The second-order valence-electron chi connectivity index (χ2n) is 6.49. The maximum atomic E-state index is 12.0. The molecular formula is C22H21Cl2N3OS. The number of aromatic nitrogens is 1. The van der Waals surface area contributed by atoms with E-state index in [1.807, 2.05) is 68.4 Å². The number of aryl methyl sites for hydroxylation is 1. The highest BCUT2D eigenvalue weighted by atomic mass is 35.5. The lowest BCUT2D eigenvalue weighted by molar-refractivity contribution is -0.118. The molecule has 0 radical (unpaired) electrons. The first-order valence-corrected chi connectivity index (χ1v) is 11.0. The molecule has 150 valence electrons. The molecule has 1 amide bonds. The van der Waals surface area contributed by atoms with E-state index in [0.29, 0.717) is 21.6 Å². The normalized spacial score (nSPS) is 11.2. The van der Waals surface area contributed by atoms with Crippen LogP contribution in [0.25, 0.3) is 5.69 Å². The molecule has 3 aromatic rings. The summed E-state index contributed by atoms with van der Waals surface area (Å²) in [5.74, 6) is 0.829. The van der Waals surface area contributed by atoms with Gasteiger partial charge in [0, 0.05) is 27.7 Å². The predicted molar refractivity (Wildman–Crippen MR) is 124 cm³/mol. The first-order valence-electron chi connectivity index (χ1n) is 9.04. The number of thioether (sulfide) groups is 1. The number of nitrogens with zero attached hydrogens (tertiary/aromatic N) is 2. The molecule has 1 N–H and O–H groups in total. The van der Waals surface area contributed by atoms with Crippen LogP contribution in [0.4, 0.5) is 0 Å². The summed E-state index contributed by atoms with van der Waals surface area (Å²) in [5.41, 5.74) is 7.48. The van der Waals surface area contributed by atoms with E-state index in [1.165, 1.54) is 11.8 Å². The van der Waals surface area contributed by atoms with Crippen molar-refractivity contribution in [2.45, 2.75) is 19.6 Å². The molecule has 0 aliphatic carbocycles. The van der Waals surface area contributed by atoms with Crippen LogP contribution in [0.2, 0.25) is 10.0 Å². The van der Waals surface area contributed by atoms with Crippen molar-refractivity contribution in [1.29, 1.82) is 0 Å². The topological polar surface area (TPSA) is 46.4 Å². The molecule has 0 fully saturated rings. The third kappa shape index (κ3) is 5.44. The zero-order chi connectivity index (χ0) is 20.8. The van der Waals surface area contributed by atoms with Crippen molar-refractivity contribution in [1.82, 2.24) is 9.99 Å². The SMILES string of the molecule is Cc1cc(/C=N/NC(=O)CSCc2ccccc2Cl)c(C)n1-c1ccccc1Cl. The van der Waals surface area contributed by atoms with Gasteiger partial charge in [0.25, 0.3) is 0 Å². The Labute approximate surface area is 184 Å². The summed E-state index contributed by atoms with van der Waals surface area (Å²) in [6.07, 6.45) is 1.66. The van der Waals surface area contributed by atoms with Gasteiger partial charge in [0.15, 0.2) is 0 Å². The number of para-hydroxylation sites is 1. The van der Waals surface area contributed by atoms with Crippen molar-refractivity contribution >= 4 is 47.1 Å². The zero-order valence-corrected chi connectivity index (χ0v) is 18.5. The smallest absolute Gasteiger partial charge is 0.250 e. The number of halogens is 2. The molecular weight excluding hydrogens is 425 g/mol. The van der Waals surface area contributed by atoms with Crippen LogP contribution in [0.3, 0.4) is 0 Å². The molecule has 3 rings (SSSR count).